The van der Waals surface area contributed by atoms with Gasteiger partial charge in [0.1, 0.15) is 5.69 Å². The molecular formula is C24H21N3. The highest BCUT2D eigenvalue weighted by molar-refractivity contribution is 5.57. The van der Waals surface area contributed by atoms with Crippen molar-refractivity contribution in [2.75, 3.05) is 0 Å². The minimum atomic E-state index is 0.690. The van der Waals surface area contributed by atoms with Gasteiger partial charge >= 0.3 is 0 Å². The molecule has 1 saturated carbocycles. The molecule has 5 rings (SSSR count). The second-order valence-corrected chi connectivity index (χ2v) is 7.30. The zero-order chi connectivity index (χ0) is 18.1. The van der Waals surface area contributed by atoms with E-state index in [9.17, 15) is 0 Å². The maximum Gasteiger partial charge on any atom is 0.113 e. The molecule has 1 aliphatic carbocycles. The summed E-state index contributed by atoms with van der Waals surface area (Å²) in [5, 5.41) is 8.59. The predicted octanol–water partition coefficient (Wildman–Crippen LogP) is 5.28. The number of benzene rings is 3. The summed E-state index contributed by atoms with van der Waals surface area (Å²) >= 11 is 0. The maximum atomic E-state index is 4.30. The van der Waals surface area contributed by atoms with Gasteiger partial charge in [-0.25, -0.2) is 4.68 Å². The molecule has 0 spiro atoms. The molecule has 0 saturated heterocycles. The van der Waals surface area contributed by atoms with E-state index < -0.39 is 0 Å². The number of nitrogens with zero attached hydrogens (tertiary/aromatic N) is 3. The van der Waals surface area contributed by atoms with Crippen molar-refractivity contribution in [2.24, 2.45) is 5.92 Å². The molecule has 4 aromatic rings. The normalized spacial score (nSPS) is 18.4. The summed E-state index contributed by atoms with van der Waals surface area (Å²) in [4.78, 5) is 0. The largest absolute Gasteiger partial charge is 0.220 e. The van der Waals surface area contributed by atoms with Crippen molar-refractivity contribution in [1.29, 1.82) is 0 Å². The third kappa shape index (κ3) is 3.41. The fraction of sp³-hybridized carbons (Fsp3) is 0.167. The quantitative estimate of drug-likeness (QED) is 0.490. The van der Waals surface area contributed by atoms with Crippen molar-refractivity contribution in [2.45, 2.75) is 18.8 Å². The molecule has 0 aliphatic heterocycles. The van der Waals surface area contributed by atoms with Crippen LogP contribution in [0.1, 0.15) is 23.5 Å². The van der Waals surface area contributed by atoms with Crippen LogP contribution in [-0.4, -0.2) is 15.0 Å². The molecule has 1 aliphatic rings. The van der Waals surface area contributed by atoms with Gasteiger partial charge in [0.25, 0.3) is 0 Å². The molecule has 0 bridgehead atoms. The second kappa shape index (κ2) is 6.84. The van der Waals surface area contributed by atoms with Crippen LogP contribution in [0.4, 0.5) is 0 Å². The van der Waals surface area contributed by atoms with Gasteiger partial charge in [0, 0.05) is 5.56 Å². The average molecular weight is 351 g/mol. The third-order valence-corrected chi connectivity index (χ3v) is 5.41. The SMILES string of the molecule is c1ccc(C[C@H]2C[C@H]2c2ccc(-n3cc(-c4ccccc4)nn3)cc2)cc1. The zero-order valence-corrected chi connectivity index (χ0v) is 15.1. The van der Waals surface area contributed by atoms with E-state index >= 15 is 0 Å². The first-order valence-corrected chi connectivity index (χ1v) is 9.49. The van der Waals surface area contributed by atoms with Crippen molar-refractivity contribution in [3.63, 3.8) is 0 Å². The molecule has 2 atom stereocenters. The summed E-state index contributed by atoms with van der Waals surface area (Å²) in [5.41, 5.74) is 5.90. The molecule has 1 heterocycles. The first-order chi connectivity index (χ1) is 13.4. The summed E-state index contributed by atoms with van der Waals surface area (Å²) in [6.45, 7) is 0. The van der Waals surface area contributed by atoms with Gasteiger partial charge < -0.3 is 0 Å². The molecule has 0 amide bonds. The van der Waals surface area contributed by atoms with Crippen LogP contribution in [0.25, 0.3) is 16.9 Å². The lowest BCUT2D eigenvalue weighted by Gasteiger charge is -2.04. The van der Waals surface area contributed by atoms with Crippen LogP contribution in [0.2, 0.25) is 0 Å². The van der Waals surface area contributed by atoms with E-state index in [1.54, 1.807) is 0 Å². The molecule has 1 aromatic heterocycles. The fourth-order valence-electron chi connectivity index (χ4n) is 3.80. The Labute approximate surface area is 159 Å². The van der Waals surface area contributed by atoms with Crippen LogP contribution in [0.15, 0.2) is 91.1 Å². The summed E-state index contributed by atoms with van der Waals surface area (Å²) < 4.78 is 1.85. The molecule has 0 unspecified atom stereocenters. The predicted molar refractivity (Wildman–Crippen MR) is 108 cm³/mol. The monoisotopic (exact) mass is 351 g/mol. The van der Waals surface area contributed by atoms with Crippen molar-refractivity contribution < 1.29 is 0 Å². The van der Waals surface area contributed by atoms with Crippen molar-refractivity contribution in [3.8, 4) is 16.9 Å². The summed E-state index contributed by atoms with van der Waals surface area (Å²) in [7, 11) is 0. The third-order valence-electron chi connectivity index (χ3n) is 5.41. The lowest BCUT2D eigenvalue weighted by molar-refractivity contribution is 0.790. The smallest absolute Gasteiger partial charge is 0.113 e. The van der Waals surface area contributed by atoms with Gasteiger partial charge in [-0.1, -0.05) is 78.0 Å². The minimum absolute atomic E-state index is 0.690. The Morgan fingerprint density at radius 1 is 0.815 bits per heavy atom. The number of aromatic nitrogens is 3. The highest BCUT2D eigenvalue weighted by Crippen LogP contribution is 2.49. The van der Waals surface area contributed by atoms with E-state index in [0.717, 1.165) is 22.9 Å². The van der Waals surface area contributed by atoms with Crippen LogP contribution in [0, 0.1) is 5.92 Å². The van der Waals surface area contributed by atoms with E-state index in [1.165, 1.54) is 24.0 Å². The standard InChI is InChI=1S/C24H21N3/c1-3-7-18(8-4-1)15-21-16-23(21)19-11-13-22(14-12-19)27-17-24(25-26-27)20-9-5-2-6-10-20/h1-14,17,21,23H,15-16H2/t21-,23-/m0/s1. The lowest BCUT2D eigenvalue weighted by Crippen LogP contribution is -1.95. The minimum Gasteiger partial charge on any atom is -0.220 e. The molecule has 0 N–H and O–H groups in total. The Bertz CT molecular complexity index is 1020. The Morgan fingerprint density at radius 2 is 1.52 bits per heavy atom. The Balaban J connectivity index is 1.28. The topological polar surface area (TPSA) is 30.7 Å². The molecule has 3 nitrogen and oxygen atoms in total. The van der Waals surface area contributed by atoms with Gasteiger partial charge in [0.15, 0.2) is 0 Å². The first kappa shape index (κ1) is 16.0. The Kier molecular flexibility index (Phi) is 4.06. The van der Waals surface area contributed by atoms with Crippen LogP contribution in [-0.2, 0) is 6.42 Å². The van der Waals surface area contributed by atoms with Crippen molar-refractivity contribution >= 4 is 0 Å². The number of rotatable bonds is 5. The van der Waals surface area contributed by atoms with Gasteiger partial charge in [0.05, 0.1) is 11.9 Å². The highest BCUT2D eigenvalue weighted by atomic mass is 15.4. The molecule has 3 aromatic carbocycles. The molecular weight excluding hydrogens is 330 g/mol. The van der Waals surface area contributed by atoms with Crippen LogP contribution in [0.5, 0.6) is 0 Å². The highest BCUT2D eigenvalue weighted by Gasteiger charge is 2.37. The van der Waals surface area contributed by atoms with Crippen molar-refractivity contribution in [1.82, 2.24) is 15.0 Å². The van der Waals surface area contributed by atoms with Crippen molar-refractivity contribution in [3.05, 3.63) is 102 Å². The summed E-state index contributed by atoms with van der Waals surface area (Å²) in [6, 6.07) is 29.7. The number of hydrogen-bond donors (Lipinski definition) is 0. The van der Waals surface area contributed by atoms with Gasteiger partial charge in [-0.05, 0) is 47.9 Å². The lowest BCUT2D eigenvalue weighted by atomic mass is 10.0. The summed E-state index contributed by atoms with van der Waals surface area (Å²) in [5.74, 6) is 1.46. The maximum absolute atomic E-state index is 4.30. The van der Waals surface area contributed by atoms with Gasteiger partial charge in [-0.15, -0.1) is 5.10 Å². The van der Waals surface area contributed by atoms with E-state index in [-0.39, 0.29) is 0 Å². The molecule has 3 heteroatoms. The van der Waals surface area contributed by atoms with E-state index in [2.05, 4.69) is 77.0 Å². The number of hydrogen-bond acceptors (Lipinski definition) is 2. The van der Waals surface area contributed by atoms with Gasteiger partial charge in [-0.2, -0.15) is 0 Å². The Hall–Kier alpha value is -3.20. The average Bonchev–Trinajstić information content (AvgIpc) is 3.32. The van der Waals surface area contributed by atoms with Crippen LogP contribution < -0.4 is 0 Å². The summed E-state index contributed by atoms with van der Waals surface area (Å²) in [6.07, 6.45) is 4.45. The van der Waals surface area contributed by atoms with Crippen LogP contribution in [0.3, 0.4) is 0 Å². The van der Waals surface area contributed by atoms with E-state index in [0.29, 0.717) is 5.92 Å². The molecule has 1 fully saturated rings. The fourth-order valence-corrected chi connectivity index (χ4v) is 3.80. The zero-order valence-electron chi connectivity index (χ0n) is 15.1. The van der Waals surface area contributed by atoms with E-state index in [1.807, 2.05) is 29.1 Å². The molecule has 27 heavy (non-hydrogen) atoms. The molecule has 132 valence electrons. The van der Waals surface area contributed by atoms with Gasteiger partial charge in [-0.3, -0.25) is 0 Å². The first-order valence-electron chi connectivity index (χ1n) is 9.49. The van der Waals surface area contributed by atoms with E-state index in [4.69, 9.17) is 0 Å². The van der Waals surface area contributed by atoms with Gasteiger partial charge in [0.2, 0.25) is 0 Å². The van der Waals surface area contributed by atoms with Crippen LogP contribution >= 0.6 is 0 Å². The second-order valence-electron chi connectivity index (χ2n) is 7.30. The Morgan fingerprint density at radius 3 is 2.26 bits per heavy atom. The molecule has 0 radical (unpaired) electrons.